The molecule has 0 heterocycles. The van der Waals surface area contributed by atoms with Gasteiger partial charge in [-0.15, -0.1) is 0 Å². The Balaban J connectivity index is 2.30. The van der Waals surface area contributed by atoms with E-state index in [0.717, 1.165) is 12.8 Å². The molecule has 0 atom stereocenters. The van der Waals surface area contributed by atoms with Crippen molar-refractivity contribution in [3.63, 3.8) is 0 Å². The van der Waals surface area contributed by atoms with Crippen molar-refractivity contribution in [3.05, 3.63) is 23.8 Å². The summed E-state index contributed by atoms with van der Waals surface area (Å²) in [6, 6.07) is 4.29. The predicted molar refractivity (Wildman–Crippen MR) is 73.9 cm³/mol. The van der Waals surface area contributed by atoms with E-state index >= 15 is 0 Å². The highest BCUT2D eigenvalue weighted by molar-refractivity contribution is 5.91. The van der Waals surface area contributed by atoms with Gasteiger partial charge in [0.25, 0.3) is 0 Å². The molecule has 0 bridgehead atoms. The summed E-state index contributed by atoms with van der Waals surface area (Å²) in [7, 11) is 0. The monoisotopic (exact) mass is 266 g/mol. The Kier molecular flexibility index (Phi) is 6.79. The Morgan fingerprint density at radius 2 is 1.84 bits per heavy atom. The molecule has 1 rings (SSSR count). The second-order valence-corrected chi connectivity index (χ2v) is 4.60. The van der Waals surface area contributed by atoms with Crippen molar-refractivity contribution in [1.82, 2.24) is 0 Å². The molecular formula is C15H22O4. The van der Waals surface area contributed by atoms with Crippen LogP contribution in [0.25, 0.3) is 0 Å². The average Bonchev–Trinajstić information content (AvgIpc) is 2.39. The zero-order valence-electron chi connectivity index (χ0n) is 11.4. The minimum Gasteiger partial charge on any atom is -0.507 e. The molecule has 2 N–H and O–H groups in total. The number of aromatic hydroxyl groups is 1. The lowest BCUT2D eigenvalue weighted by Crippen LogP contribution is -2.01. The lowest BCUT2D eigenvalue weighted by atomic mass is 10.1. The minimum atomic E-state index is -1.15. The molecule has 1 aromatic carbocycles. The van der Waals surface area contributed by atoms with Crippen molar-refractivity contribution in [2.24, 2.45) is 0 Å². The number of ether oxygens (including phenoxy) is 1. The maximum absolute atomic E-state index is 10.8. The molecule has 0 aliphatic carbocycles. The first-order valence-electron chi connectivity index (χ1n) is 6.84. The van der Waals surface area contributed by atoms with E-state index in [2.05, 4.69) is 6.92 Å². The van der Waals surface area contributed by atoms with Gasteiger partial charge in [-0.2, -0.15) is 0 Å². The number of carbonyl (C=O) groups is 1. The van der Waals surface area contributed by atoms with E-state index in [9.17, 15) is 9.90 Å². The molecule has 0 saturated heterocycles. The maximum Gasteiger partial charge on any atom is 0.339 e. The third kappa shape index (κ3) is 5.64. The summed E-state index contributed by atoms with van der Waals surface area (Å²) < 4.78 is 5.48. The Bertz CT molecular complexity index is 401. The zero-order valence-corrected chi connectivity index (χ0v) is 11.4. The van der Waals surface area contributed by atoms with Gasteiger partial charge in [-0.25, -0.2) is 4.79 Å². The number of carboxylic acid groups (broad SMARTS) is 1. The van der Waals surface area contributed by atoms with Crippen LogP contribution in [-0.4, -0.2) is 22.8 Å². The van der Waals surface area contributed by atoms with E-state index in [0.29, 0.717) is 12.4 Å². The normalized spacial score (nSPS) is 10.4. The van der Waals surface area contributed by atoms with Crippen LogP contribution in [0.4, 0.5) is 0 Å². The van der Waals surface area contributed by atoms with Crippen LogP contribution in [0.2, 0.25) is 0 Å². The first-order chi connectivity index (χ1) is 9.15. The number of hydrogen-bond acceptors (Lipinski definition) is 3. The average molecular weight is 266 g/mol. The second kappa shape index (κ2) is 8.40. The highest BCUT2D eigenvalue weighted by Crippen LogP contribution is 2.23. The number of carboxylic acids is 1. The number of benzene rings is 1. The van der Waals surface area contributed by atoms with Crippen molar-refractivity contribution in [1.29, 1.82) is 0 Å². The molecule has 0 spiro atoms. The van der Waals surface area contributed by atoms with Crippen LogP contribution in [-0.2, 0) is 0 Å². The lowest BCUT2D eigenvalue weighted by molar-refractivity contribution is 0.0693. The molecule has 0 unspecified atom stereocenters. The number of rotatable bonds is 9. The van der Waals surface area contributed by atoms with E-state index < -0.39 is 5.97 Å². The minimum absolute atomic E-state index is 0.125. The molecule has 1 aromatic rings. The van der Waals surface area contributed by atoms with Gasteiger partial charge >= 0.3 is 5.97 Å². The Hall–Kier alpha value is -1.71. The zero-order chi connectivity index (χ0) is 14.1. The van der Waals surface area contributed by atoms with Crippen molar-refractivity contribution < 1.29 is 19.7 Å². The summed E-state index contributed by atoms with van der Waals surface area (Å²) in [5.74, 6) is -0.898. The molecule has 4 heteroatoms. The summed E-state index contributed by atoms with van der Waals surface area (Å²) in [6.45, 7) is 2.77. The number of phenols is 1. The van der Waals surface area contributed by atoms with Crippen LogP contribution < -0.4 is 4.74 Å². The highest BCUT2D eigenvalue weighted by atomic mass is 16.5. The van der Waals surface area contributed by atoms with E-state index in [4.69, 9.17) is 9.84 Å². The molecule has 0 aliphatic rings. The van der Waals surface area contributed by atoms with E-state index in [1.807, 2.05) is 0 Å². The van der Waals surface area contributed by atoms with Crippen LogP contribution in [0.1, 0.15) is 55.8 Å². The van der Waals surface area contributed by atoms with E-state index in [1.165, 1.54) is 37.8 Å². The standard InChI is InChI=1S/C15H22O4/c1-2-3-4-5-6-7-10-19-12-8-9-14(16)13(11-12)15(17)18/h8-9,11,16H,2-7,10H2,1H3,(H,17,18). The van der Waals surface area contributed by atoms with Gasteiger partial charge in [0.15, 0.2) is 0 Å². The third-order valence-corrected chi connectivity index (χ3v) is 2.97. The molecule has 106 valence electrons. The highest BCUT2D eigenvalue weighted by Gasteiger charge is 2.10. The van der Waals surface area contributed by atoms with Crippen LogP contribution in [0.5, 0.6) is 11.5 Å². The van der Waals surface area contributed by atoms with Gasteiger partial charge in [0.05, 0.1) is 6.61 Å². The molecule has 0 aliphatic heterocycles. The van der Waals surface area contributed by atoms with E-state index in [1.54, 1.807) is 6.07 Å². The topological polar surface area (TPSA) is 66.8 Å². The smallest absolute Gasteiger partial charge is 0.339 e. The molecule has 0 fully saturated rings. The SMILES string of the molecule is CCCCCCCCOc1ccc(O)c(C(=O)O)c1. The van der Waals surface area contributed by atoms with Crippen LogP contribution in [0.3, 0.4) is 0 Å². The molecule has 4 nitrogen and oxygen atoms in total. The van der Waals surface area contributed by atoms with Gasteiger partial charge in [-0.1, -0.05) is 39.0 Å². The predicted octanol–water partition coefficient (Wildman–Crippen LogP) is 3.83. The maximum atomic E-state index is 10.8. The van der Waals surface area contributed by atoms with Gasteiger partial charge in [-0.05, 0) is 24.6 Å². The van der Waals surface area contributed by atoms with Crippen LogP contribution in [0, 0.1) is 0 Å². The van der Waals surface area contributed by atoms with E-state index in [-0.39, 0.29) is 11.3 Å². The molecule has 0 amide bonds. The van der Waals surface area contributed by atoms with Gasteiger partial charge < -0.3 is 14.9 Å². The Morgan fingerprint density at radius 3 is 2.53 bits per heavy atom. The summed E-state index contributed by atoms with van der Waals surface area (Å²) in [4.78, 5) is 10.8. The number of hydrogen-bond donors (Lipinski definition) is 2. The van der Waals surface area contributed by atoms with Crippen LogP contribution in [0.15, 0.2) is 18.2 Å². The summed E-state index contributed by atoms with van der Waals surface area (Å²) in [6.07, 6.45) is 7.09. The molecular weight excluding hydrogens is 244 g/mol. The van der Waals surface area contributed by atoms with Crippen molar-refractivity contribution in [2.45, 2.75) is 45.4 Å². The number of unbranched alkanes of at least 4 members (excludes halogenated alkanes) is 5. The second-order valence-electron chi connectivity index (χ2n) is 4.60. The Labute approximate surface area is 114 Å². The molecule has 19 heavy (non-hydrogen) atoms. The molecule has 0 aromatic heterocycles. The molecule has 0 saturated carbocycles. The van der Waals surface area contributed by atoms with Gasteiger partial charge in [0.2, 0.25) is 0 Å². The van der Waals surface area contributed by atoms with Crippen molar-refractivity contribution in [2.75, 3.05) is 6.61 Å². The summed E-state index contributed by atoms with van der Waals surface area (Å²) >= 11 is 0. The fourth-order valence-electron chi connectivity index (χ4n) is 1.85. The Morgan fingerprint density at radius 1 is 1.16 bits per heavy atom. The lowest BCUT2D eigenvalue weighted by Gasteiger charge is -2.07. The van der Waals surface area contributed by atoms with Gasteiger partial charge in [-0.3, -0.25) is 0 Å². The number of aromatic carboxylic acids is 1. The van der Waals surface area contributed by atoms with Gasteiger partial charge in [0.1, 0.15) is 17.1 Å². The van der Waals surface area contributed by atoms with Crippen molar-refractivity contribution in [3.8, 4) is 11.5 Å². The fourth-order valence-corrected chi connectivity index (χ4v) is 1.85. The quantitative estimate of drug-likeness (QED) is 0.667. The van der Waals surface area contributed by atoms with Gasteiger partial charge in [0, 0.05) is 0 Å². The summed E-state index contributed by atoms with van der Waals surface area (Å²) in [5, 5.41) is 18.2. The first-order valence-corrected chi connectivity index (χ1v) is 6.84. The fraction of sp³-hybridized carbons (Fsp3) is 0.533. The van der Waals surface area contributed by atoms with Crippen LogP contribution >= 0.6 is 0 Å². The first kappa shape index (κ1) is 15.3. The third-order valence-electron chi connectivity index (χ3n) is 2.97. The van der Waals surface area contributed by atoms with Crippen molar-refractivity contribution >= 4 is 5.97 Å². The summed E-state index contributed by atoms with van der Waals surface area (Å²) in [5.41, 5.74) is -0.125. The molecule has 0 radical (unpaired) electrons. The largest absolute Gasteiger partial charge is 0.507 e.